The zero-order valence-corrected chi connectivity index (χ0v) is 12.1. The predicted molar refractivity (Wildman–Crippen MR) is 74.6 cm³/mol. The third-order valence-corrected chi connectivity index (χ3v) is 2.77. The van der Waals surface area contributed by atoms with Gasteiger partial charge >= 0.3 is 0 Å². The molecule has 1 amide bonds. The van der Waals surface area contributed by atoms with Crippen molar-refractivity contribution in [3.05, 3.63) is 33.8 Å². The maximum Gasteiger partial charge on any atom is 0.254 e. The number of hydrogen-bond donors (Lipinski definition) is 1. The summed E-state index contributed by atoms with van der Waals surface area (Å²) in [6, 6.07) is 6.25. The molecule has 0 heterocycles. The van der Waals surface area contributed by atoms with Crippen LogP contribution in [0.15, 0.2) is 18.2 Å². The molecule has 1 aromatic carbocycles. The Morgan fingerprint density at radius 3 is 2.53 bits per heavy atom. The monoisotopic (exact) mass is 320 g/mol. The molecule has 0 saturated heterocycles. The average Bonchev–Trinajstić information content (AvgIpc) is 2.36. The van der Waals surface area contributed by atoms with Crippen LogP contribution in [-0.4, -0.2) is 24.6 Å². The number of carbonyl (C=O) groups is 1. The van der Waals surface area contributed by atoms with E-state index in [4.69, 9.17) is 44.8 Å². The van der Waals surface area contributed by atoms with Crippen LogP contribution in [0.4, 0.5) is 0 Å². The Labute approximate surface area is 126 Å². The number of rotatable bonds is 6. The lowest BCUT2D eigenvalue weighted by atomic mass is 10.2. The summed E-state index contributed by atoms with van der Waals surface area (Å²) in [5.41, 5.74) is 0.263. The third kappa shape index (κ3) is 5.66. The molecule has 0 radical (unpaired) electrons. The van der Waals surface area contributed by atoms with Gasteiger partial charge in [-0.15, -0.1) is 11.6 Å². The first-order valence-corrected chi connectivity index (χ1v) is 6.70. The molecule has 0 saturated carbocycles. The fourth-order valence-corrected chi connectivity index (χ4v) is 1.89. The molecule has 19 heavy (non-hydrogen) atoms. The smallest absolute Gasteiger partial charge is 0.254 e. The molecule has 1 atom stereocenters. The molecule has 1 N–H and O–H groups in total. The topological polar surface area (TPSA) is 62.1 Å². The highest BCUT2D eigenvalue weighted by molar-refractivity contribution is 6.35. The van der Waals surface area contributed by atoms with Gasteiger partial charge in [0.15, 0.2) is 0 Å². The van der Waals surface area contributed by atoms with E-state index in [-0.39, 0.29) is 12.2 Å². The van der Waals surface area contributed by atoms with E-state index in [1.165, 1.54) is 18.2 Å². The van der Waals surface area contributed by atoms with Gasteiger partial charge in [-0.25, -0.2) is 0 Å². The Bertz CT molecular complexity index is 468. The van der Waals surface area contributed by atoms with Gasteiger partial charge < -0.3 is 10.1 Å². The standard InChI is InChI=1S/C12H11Cl3N2O2/c13-2-1-3-19-11(7-16)17-12(18)8-4-9(14)6-10(15)5-8/h4-6,11H,1-3H2,(H,17,18). The second-order valence-corrected chi connectivity index (χ2v) is 4.80. The van der Waals surface area contributed by atoms with Gasteiger partial charge in [-0.05, 0) is 24.6 Å². The highest BCUT2D eigenvalue weighted by atomic mass is 35.5. The van der Waals surface area contributed by atoms with Crippen LogP contribution in [-0.2, 0) is 4.74 Å². The Kier molecular flexibility index (Phi) is 6.96. The highest BCUT2D eigenvalue weighted by Gasteiger charge is 2.14. The number of nitrogens with zero attached hydrogens (tertiary/aromatic N) is 1. The molecule has 0 aliphatic carbocycles. The van der Waals surface area contributed by atoms with E-state index in [1.54, 1.807) is 0 Å². The molecule has 1 unspecified atom stereocenters. The minimum atomic E-state index is -1.03. The minimum absolute atomic E-state index is 0.263. The second kappa shape index (κ2) is 8.23. The normalized spacial score (nSPS) is 11.7. The first-order valence-electron chi connectivity index (χ1n) is 5.41. The Morgan fingerprint density at radius 2 is 2.00 bits per heavy atom. The third-order valence-electron chi connectivity index (χ3n) is 2.07. The van der Waals surface area contributed by atoms with Crippen molar-refractivity contribution in [2.24, 2.45) is 0 Å². The van der Waals surface area contributed by atoms with Crippen LogP contribution in [0.5, 0.6) is 0 Å². The number of alkyl halides is 1. The minimum Gasteiger partial charge on any atom is -0.346 e. The summed E-state index contributed by atoms with van der Waals surface area (Å²) < 4.78 is 5.14. The number of halogens is 3. The maximum absolute atomic E-state index is 11.9. The van der Waals surface area contributed by atoms with Gasteiger partial charge in [-0.1, -0.05) is 23.2 Å². The van der Waals surface area contributed by atoms with E-state index in [0.29, 0.717) is 22.3 Å². The van der Waals surface area contributed by atoms with Crippen LogP contribution >= 0.6 is 34.8 Å². The van der Waals surface area contributed by atoms with Gasteiger partial charge in [0.25, 0.3) is 5.91 Å². The molecule has 0 aliphatic heterocycles. The number of ether oxygens (including phenoxy) is 1. The summed E-state index contributed by atoms with van der Waals surface area (Å²) in [7, 11) is 0. The van der Waals surface area contributed by atoms with Crippen molar-refractivity contribution in [2.75, 3.05) is 12.5 Å². The number of nitriles is 1. The lowest BCUT2D eigenvalue weighted by Gasteiger charge is -2.12. The van der Waals surface area contributed by atoms with Crippen LogP contribution in [0.2, 0.25) is 10.0 Å². The van der Waals surface area contributed by atoms with Crippen molar-refractivity contribution in [1.82, 2.24) is 5.32 Å². The van der Waals surface area contributed by atoms with E-state index >= 15 is 0 Å². The lowest BCUT2D eigenvalue weighted by Crippen LogP contribution is -2.36. The summed E-state index contributed by atoms with van der Waals surface area (Å²) in [6.45, 7) is 0.290. The summed E-state index contributed by atoms with van der Waals surface area (Å²) in [5.74, 6) is -0.0578. The largest absolute Gasteiger partial charge is 0.346 e. The fourth-order valence-electron chi connectivity index (χ4n) is 1.25. The van der Waals surface area contributed by atoms with Crippen LogP contribution < -0.4 is 5.32 Å². The van der Waals surface area contributed by atoms with Gasteiger partial charge in [-0.2, -0.15) is 5.26 Å². The average molecular weight is 322 g/mol. The SMILES string of the molecule is N#CC(NC(=O)c1cc(Cl)cc(Cl)c1)OCCCCl. The molecule has 102 valence electrons. The summed E-state index contributed by atoms with van der Waals surface area (Å²) in [5, 5.41) is 12.0. The highest BCUT2D eigenvalue weighted by Crippen LogP contribution is 2.19. The van der Waals surface area contributed by atoms with Crippen LogP contribution in [0.25, 0.3) is 0 Å². The lowest BCUT2D eigenvalue weighted by molar-refractivity contribution is 0.0563. The number of amides is 1. The number of carbonyl (C=O) groups excluding carboxylic acids is 1. The summed E-state index contributed by atoms with van der Waals surface area (Å²) in [6.07, 6.45) is -0.438. The van der Waals surface area contributed by atoms with Gasteiger partial charge in [0, 0.05) is 21.5 Å². The van der Waals surface area contributed by atoms with E-state index in [9.17, 15) is 4.79 Å². The molecule has 0 aromatic heterocycles. The molecule has 0 aliphatic rings. The van der Waals surface area contributed by atoms with Gasteiger partial charge in [0.05, 0.1) is 6.61 Å². The quantitative estimate of drug-likeness (QED) is 0.497. The Hall–Kier alpha value is -0.990. The first kappa shape index (κ1) is 16.1. The van der Waals surface area contributed by atoms with Crippen LogP contribution in [0, 0.1) is 11.3 Å². The van der Waals surface area contributed by atoms with E-state index in [1.807, 2.05) is 6.07 Å². The molecule has 1 aromatic rings. The molecule has 1 rings (SSSR count). The number of benzene rings is 1. The van der Waals surface area contributed by atoms with Crippen molar-refractivity contribution in [3.63, 3.8) is 0 Å². The Balaban J connectivity index is 2.64. The fraction of sp³-hybridized carbons (Fsp3) is 0.333. The summed E-state index contributed by atoms with van der Waals surface area (Å²) in [4.78, 5) is 11.9. The molecular weight excluding hydrogens is 311 g/mol. The zero-order valence-electron chi connectivity index (χ0n) is 9.83. The van der Waals surface area contributed by atoms with E-state index < -0.39 is 12.1 Å². The van der Waals surface area contributed by atoms with Crippen molar-refractivity contribution < 1.29 is 9.53 Å². The second-order valence-electron chi connectivity index (χ2n) is 3.55. The first-order chi connectivity index (χ1) is 9.06. The van der Waals surface area contributed by atoms with E-state index in [2.05, 4.69) is 5.32 Å². The van der Waals surface area contributed by atoms with Crippen molar-refractivity contribution in [2.45, 2.75) is 12.6 Å². The summed E-state index contributed by atoms with van der Waals surface area (Å²) >= 11 is 17.1. The Morgan fingerprint density at radius 1 is 1.37 bits per heavy atom. The van der Waals surface area contributed by atoms with Crippen LogP contribution in [0.3, 0.4) is 0 Å². The molecule has 7 heteroatoms. The zero-order chi connectivity index (χ0) is 14.3. The van der Waals surface area contributed by atoms with Gasteiger partial charge in [0.1, 0.15) is 6.07 Å². The number of nitrogens with one attached hydrogen (secondary N) is 1. The van der Waals surface area contributed by atoms with Crippen molar-refractivity contribution in [3.8, 4) is 6.07 Å². The molecule has 4 nitrogen and oxygen atoms in total. The molecule has 0 bridgehead atoms. The maximum atomic E-state index is 11.9. The van der Waals surface area contributed by atoms with Crippen molar-refractivity contribution in [1.29, 1.82) is 5.26 Å². The molecular formula is C12H11Cl3N2O2. The number of hydrogen-bond acceptors (Lipinski definition) is 3. The van der Waals surface area contributed by atoms with Crippen LogP contribution in [0.1, 0.15) is 16.8 Å². The molecule has 0 fully saturated rings. The van der Waals surface area contributed by atoms with Gasteiger partial charge in [-0.3, -0.25) is 4.79 Å². The van der Waals surface area contributed by atoms with Gasteiger partial charge in [0.2, 0.25) is 6.23 Å². The van der Waals surface area contributed by atoms with Crippen molar-refractivity contribution >= 4 is 40.7 Å². The predicted octanol–water partition coefficient (Wildman–Crippen LogP) is 3.22. The van der Waals surface area contributed by atoms with E-state index in [0.717, 1.165) is 0 Å². The molecule has 0 spiro atoms.